The van der Waals surface area contributed by atoms with Crippen LogP contribution in [0.2, 0.25) is 4.34 Å². The fourth-order valence-electron chi connectivity index (χ4n) is 5.69. The summed E-state index contributed by atoms with van der Waals surface area (Å²) in [5, 5.41) is 0.599. The van der Waals surface area contributed by atoms with Crippen molar-refractivity contribution in [2.75, 3.05) is 53.0 Å². The zero-order valence-electron chi connectivity index (χ0n) is 20.3. The molecule has 7 nitrogen and oxygen atoms in total. The molecule has 1 aliphatic carbocycles. The van der Waals surface area contributed by atoms with E-state index in [9.17, 15) is 9.59 Å². The maximum absolute atomic E-state index is 13.3. The second kappa shape index (κ2) is 12.6. The Kier molecular flexibility index (Phi) is 9.51. The Balaban J connectivity index is 1.27. The predicted octanol–water partition coefficient (Wildman–Crippen LogP) is 3.90. The lowest BCUT2D eigenvalue weighted by Gasteiger charge is -2.43. The van der Waals surface area contributed by atoms with Crippen molar-refractivity contribution in [2.45, 2.75) is 63.5 Å². The lowest BCUT2D eigenvalue weighted by molar-refractivity contribution is -0.155. The Morgan fingerprint density at radius 1 is 1.06 bits per heavy atom. The fraction of sp³-hybridized carbons (Fsp3) is 0.760. The van der Waals surface area contributed by atoms with Gasteiger partial charge in [0.25, 0.3) is 5.91 Å². The van der Waals surface area contributed by atoms with Crippen LogP contribution >= 0.6 is 22.9 Å². The van der Waals surface area contributed by atoms with Crippen molar-refractivity contribution in [3.63, 3.8) is 0 Å². The molecule has 3 fully saturated rings. The molecule has 0 radical (unpaired) electrons. The van der Waals surface area contributed by atoms with Crippen molar-refractivity contribution >= 4 is 34.8 Å². The highest BCUT2D eigenvalue weighted by Gasteiger charge is 2.39. The molecule has 9 heteroatoms. The molecule has 1 aromatic heterocycles. The topological polar surface area (TPSA) is 62.3 Å². The number of hydrogen-bond donors (Lipinski definition) is 0. The molecule has 1 saturated carbocycles. The van der Waals surface area contributed by atoms with Gasteiger partial charge in [-0.1, -0.05) is 35.8 Å². The Morgan fingerprint density at radius 3 is 2.44 bits per heavy atom. The minimum absolute atomic E-state index is 0.00439. The fourth-order valence-corrected chi connectivity index (χ4v) is 6.57. The third-order valence-corrected chi connectivity index (χ3v) is 8.71. The van der Waals surface area contributed by atoms with Gasteiger partial charge in [0.05, 0.1) is 10.9 Å². The standard InChI is InChI=1S/C25H38ClN3O4S/c1-32-17-21-25(31)28(14-15-29(21)23(30)18-33-24-11-10-22(26)34-24)16-19-6-8-20(9-7-19)27-12-4-2-3-5-13-27/h10-11,19-21H,2-9,12-18H2,1H3/t19?,20?,21-/m0/s1. The van der Waals surface area contributed by atoms with Gasteiger partial charge in [0.1, 0.15) is 6.04 Å². The van der Waals surface area contributed by atoms with E-state index < -0.39 is 6.04 Å². The third-order valence-electron chi connectivity index (χ3n) is 7.57. The summed E-state index contributed by atoms with van der Waals surface area (Å²) >= 11 is 7.22. The third kappa shape index (κ3) is 6.65. The van der Waals surface area contributed by atoms with Crippen LogP contribution < -0.4 is 4.74 Å². The van der Waals surface area contributed by atoms with Crippen molar-refractivity contribution in [3.05, 3.63) is 16.5 Å². The van der Waals surface area contributed by atoms with Crippen molar-refractivity contribution in [3.8, 4) is 5.06 Å². The van der Waals surface area contributed by atoms with Gasteiger partial charge in [-0.2, -0.15) is 0 Å². The molecule has 2 amide bonds. The van der Waals surface area contributed by atoms with Gasteiger partial charge < -0.3 is 24.2 Å². The van der Waals surface area contributed by atoms with Gasteiger partial charge >= 0.3 is 0 Å². The first-order valence-corrected chi connectivity index (χ1v) is 13.9. The van der Waals surface area contributed by atoms with Crippen LogP contribution in [0, 0.1) is 5.92 Å². The summed E-state index contributed by atoms with van der Waals surface area (Å²) in [6.45, 7) is 4.48. The van der Waals surface area contributed by atoms with Gasteiger partial charge in [-0.05, 0) is 69.7 Å². The summed E-state index contributed by atoms with van der Waals surface area (Å²) in [6.07, 6.45) is 10.3. The van der Waals surface area contributed by atoms with Crippen LogP contribution in [0.25, 0.3) is 0 Å². The van der Waals surface area contributed by atoms with Gasteiger partial charge in [-0.3, -0.25) is 9.59 Å². The summed E-state index contributed by atoms with van der Waals surface area (Å²) in [7, 11) is 1.57. The largest absolute Gasteiger partial charge is 0.474 e. The van der Waals surface area contributed by atoms with E-state index in [-0.39, 0.29) is 25.0 Å². The maximum atomic E-state index is 13.3. The monoisotopic (exact) mass is 511 g/mol. The number of rotatable bonds is 8. The molecule has 34 heavy (non-hydrogen) atoms. The van der Waals surface area contributed by atoms with E-state index in [1.807, 2.05) is 4.90 Å². The van der Waals surface area contributed by atoms with E-state index in [1.165, 1.54) is 75.8 Å². The minimum Gasteiger partial charge on any atom is -0.474 e. The van der Waals surface area contributed by atoms with Crippen molar-refractivity contribution in [2.24, 2.45) is 5.92 Å². The zero-order chi connectivity index (χ0) is 23.9. The number of ether oxygens (including phenoxy) is 2. The molecular weight excluding hydrogens is 474 g/mol. The molecule has 190 valence electrons. The van der Waals surface area contributed by atoms with Gasteiger partial charge in [0, 0.05) is 32.8 Å². The second-order valence-corrected chi connectivity index (χ2v) is 11.5. The highest BCUT2D eigenvalue weighted by Crippen LogP contribution is 2.31. The summed E-state index contributed by atoms with van der Waals surface area (Å²) in [6, 6.07) is 3.62. The summed E-state index contributed by atoms with van der Waals surface area (Å²) in [5.41, 5.74) is 0. The molecular formula is C25H38ClN3O4S. The molecule has 2 aliphatic heterocycles. The van der Waals surface area contributed by atoms with Gasteiger partial charge in [-0.15, -0.1) is 0 Å². The summed E-state index contributed by atoms with van der Waals surface area (Å²) in [5.74, 6) is 0.345. The number of thiophene rings is 1. The van der Waals surface area contributed by atoms with Crippen LogP contribution in [0.15, 0.2) is 12.1 Å². The van der Waals surface area contributed by atoms with Gasteiger partial charge in [-0.25, -0.2) is 0 Å². The maximum Gasteiger partial charge on any atom is 0.261 e. The molecule has 0 spiro atoms. The van der Waals surface area contributed by atoms with Gasteiger partial charge in [0.15, 0.2) is 11.7 Å². The average molecular weight is 512 g/mol. The van der Waals surface area contributed by atoms with Crippen LogP contribution in [0.5, 0.6) is 5.06 Å². The Morgan fingerprint density at radius 2 is 1.79 bits per heavy atom. The van der Waals surface area contributed by atoms with Gasteiger partial charge in [0.2, 0.25) is 5.91 Å². The molecule has 0 N–H and O–H groups in total. The number of piperazine rings is 1. The van der Waals surface area contributed by atoms with Crippen LogP contribution in [-0.2, 0) is 14.3 Å². The smallest absolute Gasteiger partial charge is 0.261 e. The summed E-state index contributed by atoms with van der Waals surface area (Å²) < 4.78 is 11.5. The summed E-state index contributed by atoms with van der Waals surface area (Å²) in [4.78, 5) is 32.5. The molecule has 4 rings (SSSR count). The highest BCUT2D eigenvalue weighted by molar-refractivity contribution is 7.17. The number of halogens is 1. The molecule has 1 atom stereocenters. The van der Waals surface area contributed by atoms with E-state index in [2.05, 4.69) is 4.90 Å². The average Bonchev–Trinajstić information content (AvgIpc) is 3.08. The normalized spacial score (nSPS) is 27.0. The van der Waals surface area contributed by atoms with Crippen LogP contribution in [0.1, 0.15) is 51.4 Å². The van der Waals surface area contributed by atoms with E-state index in [0.717, 1.165) is 12.6 Å². The van der Waals surface area contributed by atoms with Crippen molar-refractivity contribution in [1.82, 2.24) is 14.7 Å². The number of hydrogen-bond acceptors (Lipinski definition) is 6. The van der Waals surface area contributed by atoms with E-state index in [0.29, 0.717) is 28.4 Å². The Hall–Kier alpha value is -1.35. The number of carbonyl (C=O) groups excluding carboxylic acids is 2. The lowest BCUT2D eigenvalue weighted by Crippen LogP contribution is -2.61. The molecule has 0 aromatic carbocycles. The molecule has 2 saturated heterocycles. The number of likely N-dealkylation sites (tertiary alicyclic amines) is 1. The SMILES string of the molecule is COC[C@H]1C(=O)N(CC2CCC(N3CCCCCC3)CC2)CCN1C(=O)COc1ccc(Cl)s1. The molecule has 0 unspecified atom stereocenters. The zero-order valence-corrected chi connectivity index (χ0v) is 21.8. The number of methoxy groups -OCH3 is 1. The van der Waals surface area contributed by atoms with Crippen molar-refractivity contribution in [1.29, 1.82) is 0 Å². The molecule has 0 bridgehead atoms. The predicted molar refractivity (Wildman–Crippen MR) is 135 cm³/mol. The van der Waals surface area contributed by atoms with E-state index in [4.69, 9.17) is 21.1 Å². The molecule has 3 heterocycles. The first kappa shape index (κ1) is 25.7. The number of amides is 2. The first-order valence-electron chi connectivity index (χ1n) is 12.7. The second-order valence-electron chi connectivity index (χ2n) is 9.81. The van der Waals surface area contributed by atoms with Crippen LogP contribution in [-0.4, -0.2) is 91.6 Å². The lowest BCUT2D eigenvalue weighted by atomic mass is 9.84. The van der Waals surface area contributed by atoms with E-state index in [1.54, 1.807) is 24.1 Å². The highest BCUT2D eigenvalue weighted by atomic mass is 35.5. The minimum atomic E-state index is -0.588. The van der Waals surface area contributed by atoms with Crippen molar-refractivity contribution < 1.29 is 19.1 Å². The first-order chi connectivity index (χ1) is 16.5. The Bertz CT molecular complexity index is 806. The Labute approximate surface area is 212 Å². The quantitative estimate of drug-likeness (QED) is 0.529. The number of nitrogens with zero attached hydrogens (tertiary/aromatic N) is 3. The molecule has 1 aromatic rings. The van der Waals surface area contributed by atoms with E-state index >= 15 is 0 Å². The van der Waals surface area contributed by atoms with Crippen LogP contribution in [0.4, 0.5) is 0 Å². The molecule has 3 aliphatic rings. The number of carbonyl (C=O) groups is 2. The van der Waals surface area contributed by atoms with Crippen LogP contribution in [0.3, 0.4) is 0 Å².